The molecule has 2 N–H and O–H groups in total. The average molecular weight is 233 g/mol. The van der Waals surface area contributed by atoms with E-state index in [1.807, 2.05) is 24.2 Å². The summed E-state index contributed by atoms with van der Waals surface area (Å²) in [7, 11) is 1.83. The first-order chi connectivity index (χ1) is 8.24. The summed E-state index contributed by atoms with van der Waals surface area (Å²) in [5.41, 5.74) is 7.95. The zero-order valence-electron chi connectivity index (χ0n) is 10.2. The molecule has 2 rings (SSSR count). The van der Waals surface area contributed by atoms with E-state index in [1.54, 1.807) is 5.01 Å². The Morgan fingerprint density at radius 3 is 2.76 bits per heavy atom. The summed E-state index contributed by atoms with van der Waals surface area (Å²) in [5, 5.41) is 3.76. The van der Waals surface area contributed by atoms with Crippen LogP contribution in [0.3, 0.4) is 0 Å². The fraction of sp³-hybridized carbons (Fsp3) is 0.462. The lowest BCUT2D eigenvalue weighted by molar-refractivity contribution is -0.126. The number of hydrogen-bond donors (Lipinski definition) is 1. The quantitative estimate of drug-likeness (QED) is 0.849. The number of carbonyl (C=O) groups is 1. The van der Waals surface area contributed by atoms with E-state index in [0.29, 0.717) is 13.0 Å². The highest BCUT2D eigenvalue weighted by molar-refractivity contribution is 5.81. The van der Waals surface area contributed by atoms with Gasteiger partial charge < -0.3 is 5.73 Å². The third-order valence-electron chi connectivity index (χ3n) is 3.18. The number of anilines is 1. The number of benzene rings is 1. The molecule has 0 bridgehead atoms. The lowest BCUT2D eigenvalue weighted by atomic mass is 10.1. The third kappa shape index (κ3) is 2.42. The summed E-state index contributed by atoms with van der Waals surface area (Å²) in [5.74, 6) is 0.179. The van der Waals surface area contributed by atoms with Gasteiger partial charge in [0.1, 0.15) is 0 Å². The largest absolute Gasteiger partial charge is 0.330 e. The number of para-hydroxylation sites is 1. The van der Waals surface area contributed by atoms with E-state index in [1.165, 1.54) is 5.56 Å². The summed E-state index contributed by atoms with van der Waals surface area (Å²) in [6, 6.07) is 8.23. The Hall–Kier alpha value is -1.55. The zero-order valence-corrected chi connectivity index (χ0v) is 10.2. The van der Waals surface area contributed by atoms with Gasteiger partial charge in [0.25, 0.3) is 0 Å². The van der Waals surface area contributed by atoms with Crippen LogP contribution in [-0.2, 0) is 11.2 Å². The smallest absolute Gasteiger partial charge is 0.242 e. The first-order valence-corrected chi connectivity index (χ1v) is 6.06. The first-order valence-electron chi connectivity index (χ1n) is 6.06. The molecule has 0 spiro atoms. The molecule has 1 aromatic rings. The van der Waals surface area contributed by atoms with Crippen LogP contribution in [-0.4, -0.2) is 31.1 Å². The Morgan fingerprint density at radius 1 is 1.35 bits per heavy atom. The Kier molecular flexibility index (Phi) is 3.64. The molecule has 0 radical (unpaired) electrons. The number of nitrogens with zero attached hydrogens (tertiary/aromatic N) is 2. The highest BCUT2D eigenvalue weighted by atomic mass is 16.2. The van der Waals surface area contributed by atoms with E-state index in [2.05, 4.69) is 12.1 Å². The minimum atomic E-state index is 0.179. The van der Waals surface area contributed by atoms with Gasteiger partial charge in [0, 0.05) is 20.0 Å². The summed E-state index contributed by atoms with van der Waals surface area (Å²) < 4.78 is 0. The fourth-order valence-electron chi connectivity index (χ4n) is 2.20. The minimum absolute atomic E-state index is 0.179. The van der Waals surface area contributed by atoms with Gasteiger partial charge >= 0.3 is 0 Å². The van der Waals surface area contributed by atoms with Crippen LogP contribution < -0.4 is 10.7 Å². The maximum absolute atomic E-state index is 11.5. The Morgan fingerprint density at radius 2 is 2.12 bits per heavy atom. The van der Waals surface area contributed by atoms with Crippen LogP contribution in [0, 0.1) is 0 Å². The predicted molar refractivity (Wildman–Crippen MR) is 68.6 cm³/mol. The monoisotopic (exact) mass is 233 g/mol. The molecule has 4 heteroatoms. The molecule has 1 fully saturated rings. The lowest BCUT2D eigenvalue weighted by Gasteiger charge is -2.28. The highest BCUT2D eigenvalue weighted by Crippen LogP contribution is 2.26. The predicted octanol–water partition coefficient (Wildman–Crippen LogP) is 1.16. The number of amides is 1. The Bertz CT molecular complexity index is 405. The molecular formula is C13H19N3O. The summed E-state index contributed by atoms with van der Waals surface area (Å²) >= 11 is 0. The van der Waals surface area contributed by atoms with Gasteiger partial charge in [0.2, 0.25) is 5.91 Å². The van der Waals surface area contributed by atoms with Crippen molar-refractivity contribution in [2.45, 2.75) is 19.3 Å². The van der Waals surface area contributed by atoms with Gasteiger partial charge in [-0.2, -0.15) is 0 Å². The number of nitrogens with two attached hydrogens (primary N) is 1. The maximum Gasteiger partial charge on any atom is 0.242 e. The van der Waals surface area contributed by atoms with Crippen LogP contribution in [0.2, 0.25) is 0 Å². The van der Waals surface area contributed by atoms with Crippen molar-refractivity contribution in [1.82, 2.24) is 5.01 Å². The van der Waals surface area contributed by atoms with Crippen molar-refractivity contribution in [3.05, 3.63) is 29.8 Å². The third-order valence-corrected chi connectivity index (χ3v) is 3.18. The van der Waals surface area contributed by atoms with Crippen molar-refractivity contribution < 1.29 is 4.79 Å². The van der Waals surface area contributed by atoms with E-state index in [0.717, 1.165) is 25.1 Å². The number of hydrogen-bond acceptors (Lipinski definition) is 3. The van der Waals surface area contributed by atoms with Gasteiger partial charge in [-0.25, -0.2) is 0 Å². The van der Waals surface area contributed by atoms with Crippen molar-refractivity contribution in [1.29, 1.82) is 0 Å². The summed E-state index contributed by atoms with van der Waals surface area (Å²) in [6.45, 7) is 1.47. The second kappa shape index (κ2) is 5.19. The van der Waals surface area contributed by atoms with Gasteiger partial charge in [0.05, 0.1) is 5.69 Å². The number of aryl methyl sites for hydroxylation is 1. The Balaban J connectivity index is 2.22. The van der Waals surface area contributed by atoms with Crippen LogP contribution in [0.1, 0.15) is 18.4 Å². The topological polar surface area (TPSA) is 49.6 Å². The van der Waals surface area contributed by atoms with Gasteiger partial charge in [-0.15, -0.1) is 0 Å². The van der Waals surface area contributed by atoms with Crippen molar-refractivity contribution in [3.63, 3.8) is 0 Å². The van der Waals surface area contributed by atoms with Gasteiger partial charge in [-0.05, 0) is 31.0 Å². The van der Waals surface area contributed by atoms with Gasteiger partial charge in [-0.3, -0.25) is 14.8 Å². The first kappa shape index (κ1) is 11.9. The van der Waals surface area contributed by atoms with Crippen molar-refractivity contribution >= 4 is 11.6 Å². The molecule has 92 valence electrons. The molecule has 1 aliphatic rings. The number of rotatable bonds is 4. The van der Waals surface area contributed by atoms with Crippen LogP contribution >= 0.6 is 0 Å². The van der Waals surface area contributed by atoms with Crippen molar-refractivity contribution in [3.8, 4) is 0 Å². The van der Waals surface area contributed by atoms with Gasteiger partial charge in [-0.1, -0.05) is 18.2 Å². The maximum atomic E-state index is 11.5. The van der Waals surface area contributed by atoms with Crippen LogP contribution in [0.5, 0.6) is 0 Å². The second-order valence-corrected chi connectivity index (χ2v) is 4.31. The van der Waals surface area contributed by atoms with E-state index in [9.17, 15) is 4.79 Å². The molecule has 17 heavy (non-hydrogen) atoms. The Labute approximate surface area is 102 Å². The minimum Gasteiger partial charge on any atom is -0.330 e. The molecule has 0 saturated carbocycles. The van der Waals surface area contributed by atoms with Gasteiger partial charge in [0.15, 0.2) is 0 Å². The highest BCUT2D eigenvalue weighted by Gasteiger charge is 2.26. The van der Waals surface area contributed by atoms with Crippen molar-refractivity contribution in [2.24, 2.45) is 5.73 Å². The molecule has 1 aromatic carbocycles. The molecule has 0 unspecified atom stereocenters. The van der Waals surface area contributed by atoms with E-state index < -0.39 is 0 Å². The van der Waals surface area contributed by atoms with E-state index in [4.69, 9.17) is 5.73 Å². The lowest BCUT2D eigenvalue weighted by Crippen LogP contribution is -2.36. The second-order valence-electron chi connectivity index (χ2n) is 4.31. The van der Waals surface area contributed by atoms with E-state index in [-0.39, 0.29) is 5.91 Å². The van der Waals surface area contributed by atoms with Crippen LogP contribution in [0.25, 0.3) is 0 Å². The summed E-state index contributed by atoms with van der Waals surface area (Å²) in [6.07, 6.45) is 2.54. The van der Waals surface area contributed by atoms with Crippen LogP contribution in [0.15, 0.2) is 24.3 Å². The molecule has 1 saturated heterocycles. The molecule has 0 atom stereocenters. The van der Waals surface area contributed by atoms with E-state index >= 15 is 0 Å². The molecule has 0 aliphatic carbocycles. The normalized spacial score (nSPS) is 15.8. The number of hydrazine groups is 1. The SMILES string of the molecule is CN1C(=O)CCN1c1ccccc1CCCN. The molecule has 1 heterocycles. The zero-order chi connectivity index (χ0) is 12.3. The average Bonchev–Trinajstić information content (AvgIpc) is 2.68. The standard InChI is InChI=1S/C13H19N3O/c1-15-13(17)8-10-16(15)12-7-3-2-5-11(12)6-4-9-14/h2-3,5,7H,4,6,8-10,14H2,1H3. The van der Waals surface area contributed by atoms with Crippen LogP contribution in [0.4, 0.5) is 5.69 Å². The molecule has 0 aromatic heterocycles. The summed E-state index contributed by atoms with van der Waals surface area (Å²) in [4.78, 5) is 11.5. The number of carbonyl (C=O) groups excluding carboxylic acids is 1. The molecule has 4 nitrogen and oxygen atoms in total. The molecular weight excluding hydrogens is 214 g/mol. The fourth-order valence-corrected chi connectivity index (χ4v) is 2.20. The molecule has 1 aliphatic heterocycles. The van der Waals surface area contributed by atoms with Crippen molar-refractivity contribution in [2.75, 3.05) is 25.1 Å². The molecule has 1 amide bonds.